The number of carboxylic acid groups (broad SMARTS) is 1. The van der Waals surface area contributed by atoms with Crippen molar-refractivity contribution >= 4 is 17.8 Å². The second-order valence-corrected chi connectivity index (χ2v) is 17.1. The van der Waals surface area contributed by atoms with Crippen molar-refractivity contribution in [2.24, 2.45) is 0 Å². The molecule has 0 spiro atoms. The van der Waals surface area contributed by atoms with Crippen LogP contribution in [-0.2, 0) is 61.8 Å². The molecule has 0 aromatic carbocycles. The van der Waals surface area contributed by atoms with Gasteiger partial charge in [-0.1, -0.05) is 0 Å². The molecule has 0 bridgehead atoms. The first-order chi connectivity index (χ1) is 32.5. The second-order valence-electron chi connectivity index (χ2n) is 17.1. The number of hydrogen-bond donors (Lipinski definition) is 18. The van der Waals surface area contributed by atoms with E-state index in [1.807, 2.05) is 0 Å². The Morgan fingerprint density at radius 3 is 1.61 bits per heavy atom. The number of aliphatic hydroxyl groups excluding tert-OH is 15. The van der Waals surface area contributed by atoms with Gasteiger partial charge in [0.1, 0.15) is 116 Å². The van der Waals surface area contributed by atoms with Crippen molar-refractivity contribution < 1.29 is 143 Å². The van der Waals surface area contributed by atoms with Gasteiger partial charge in [0.2, 0.25) is 11.8 Å². The van der Waals surface area contributed by atoms with Crippen molar-refractivity contribution in [1.29, 1.82) is 0 Å². The highest BCUT2D eigenvalue weighted by molar-refractivity contribution is 5.76. The van der Waals surface area contributed by atoms with E-state index in [-0.39, 0.29) is 0 Å². The normalized spacial score (nSPS) is 46.1. The molecule has 5 aliphatic heterocycles. The lowest BCUT2D eigenvalue weighted by Gasteiger charge is -2.52. The number of ether oxygens (including phenoxy) is 10. The van der Waals surface area contributed by atoms with Crippen molar-refractivity contribution in [3.05, 3.63) is 0 Å². The minimum Gasteiger partial charge on any atom is -0.477 e. The van der Waals surface area contributed by atoms with E-state index >= 15 is 0 Å². The molecule has 26 atom stereocenters. The molecule has 5 saturated heterocycles. The average Bonchev–Trinajstić information content (AvgIpc) is 3.31. The van der Waals surface area contributed by atoms with Crippen LogP contribution in [0.25, 0.3) is 0 Å². The van der Waals surface area contributed by atoms with E-state index < -0.39 is 216 Å². The first-order valence-electron chi connectivity index (χ1n) is 21.6. The maximum atomic E-state index is 13.4. The minimum absolute atomic E-state index is 0.848. The highest BCUT2D eigenvalue weighted by atomic mass is 16.8. The summed E-state index contributed by atoms with van der Waals surface area (Å²) in [5.74, 6) is -7.19. The summed E-state index contributed by atoms with van der Waals surface area (Å²) in [6.07, 6.45) is -47.1. The zero-order valence-electron chi connectivity index (χ0n) is 37.1. The lowest BCUT2D eigenvalue weighted by atomic mass is 9.88. The summed E-state index contributed by atoms with van der Waals surface area (Å²) in [6, 6.07) is -3.57. The van der Waals surface area contributed by atoms with Crippen LogP contribution in [0.15, 0.2) is 0 Å². The summed E-state index contributed by atoms with van der Waals surface area (Å²) in [7, 11) is 1.10. The highest BCUT2D eigenvalue weighted by Gasteiger charge is 2.62. The molecule has 2 amide bonds. The fraction of sp³-hybridized carbons (Fsp3) is 0.921. The third kappa shape index (κ3) is 12.3. The number of carboxylic acids is 1. The molecule has 5 aliphatic rings. The minimum atomic E-state index is -3.31. The molecule has 5 rings (SSSR count). The zero-order valence-corrected chi connectivity index (χ0v) is 37.1. The predicted molar refractivity (Wildman–Crippen MR) is 212 cm³/mol. The zero-order chi connectivity index (χ0) is 51.4. The Morgan fingerprint density at radius 2 is 1.06 bits per heavy atom. The van der Waals surface area contributed by atoms with Gasteiger partial charge in [0.05, 0.1) is 45.2 Å². The van der Waals surface area contributed by atoms with Crippen molar-refractivity contribution in [2.45, 2.75) is 179 Å². The number of aliphatic hydroxyl groups is 15. The van der Waals surface area contributed by atoms with Crippen molar-refractivity contribution in [1.82, 2.24) is 10.6 Å². The molecule has 69 heavy (non-hydrogen) atoms. The highest BCUT2D eigenvalue weighted by Crippen LogP contribution is 2.40. The van der Waals surface area contributed by atoms with Crippen LogP contribution >= 0.6 is 0 Å². The third-order valence-electron chi connectivity index (χ3n) is 12.3. The van der Waals surface area contributed by atoms with E-state index in [2.05, 4.69) is 10.6 Å². The Balaban J connectivity index is 1.61. The van der Waals surface area contributed by atoms with Gasteiger partial charge in [0.25, 0.3) is 5.79 Å². The van der Waals surface area contributed by atoms with Crippen molar-refractivity contribution in [3.8, 4) is 0 Å². The van der Waals surface area contributed by atoms with E-state index in [1.165, 1.54) is 0 Å². The molecule has 5 fully saturated rings. The van der Waals surface area contributed by atoms with E-state index in [0.29, 0.717) is 0 Å². The summed E-state index contributed by atoms with van der Waals surface area (Å²) in [5.41, 5.74) is 0. The molecule has 0 aromatic heterocycles. The fourth-order valence-corrected chi connectivity index (χ4v) is 8.71. The topological polar surface area (TPSA) is 491 Å². The van der Waals surface area contributed by atoms with Crippen LogP contribution in [0.2, 0.25) is 0 Å². The molecule has 0 radical (unpaired) electrons. The molecule has 31 heteroatoms. The third-order valence-corrected chi connectivity index (χ3v) is 12.3. The standard InChI is InChI=1S/C38H64N2O29/c1-10(46)39-18-12(48)4-38(37(58)59,68-31(18)20(50)13(49)5-41)69-32-27(57)36(65-28-16(8-44)63-34(60-3)26(56)24(28)54)64-17(9-45)29(32)66-33-19(40-11(2)47)30(22(52)15(7-43)61-33)67-35-25(55)23(53)21(51)14(6-42)62-35/h12-36,41-45,48-57H,4-9H2,1-3H3,(H,39,46)(H,40,47)(H,58,59)/t12-,13-,14?,15?,16?,17?,18-,19?,20-,21+,22+,23?,24?,25?,26?,27?,28-,29+,30?,31-,32?,33+,34-,35+,36+,38+/m1/s1. The first kappa shape index (κ1) is 57.3. The van der Waals surface area contributed by atoms with Crippen molar-refractivity contribution in [3.63, 3.8) is 0 Å². The quantitative estimate of drug-likeness (QED) is 0.0571. The molecule has 5 heterocycles. The largest absolute Gasteiger partial charge is 0.477 e. The monoisotopic (exact) mass is 1010 g/mol. The van der Waals surface area contributed by atoms with Gasteiger partial charge in [-0.25, -0.2) is 4.79 Å². The van der Waals surface area contributed by atoms with Crippen LogP contribution in [0.4, 0.5) is 0 Å². The number of carbonyl (C=O) groups is 3. The summed E-state index contributed by atoms with van der Waals surface area (Å²) < 4.78 is 57.3. The summed E-state index contributed by atoms with van der Waals surface area (Å²) in [4.78, 5) is 38.4. The van der Waals surface area contributed by atoms with Crippen LogP contribution in [0.1, 0.15) is 20.3 Å². The molecule has 0 aliphatic carbocycles. The summed E-state index contributed by atoms with van der Waals surface area (Å²) in [5, 5.41) is 176. The van der Waals surface area contributed by atoms with E-state index in [0.717, 1.165) is 21.0 Å². The Morgan fingerprint density at radius 1 is 0.580 bits per heavy atom. The molecule has 0 saturated carbocycles. The van der Waals surface area contributed by atoms with Gasteiger partial charge >= 0.3 is 5.97 Å². The lowest BCUT2D eigenvalue weighted by molar-refractivity contribution is -0.403. The predicted octanol–water partition coefficient (Wildman–Crippen LogP) is -11.8. The summed E-state index contributed by atoms with van der Waals surface area (Å²) >= 11 is 0. The van der Waals surface area contributed by atoms with Crippen LogP contribution in [0.3, 0.4) is 0 Å². The van der Waals surface area contributed by atoms with E-state index in [9.17, 15) is 96.1 Å². The van der Waals surface area contributed by atoms with E-state index in [4.69, 9.17) is 47.4 Å². The van der Waals surface area contributed by atoms with Crippen LogP contribution in [0, 0.1) is 0 Å². The van der Waals surface area contributed by atoms with Gasteiger partial charge < -0.3 is 140 Å². The molecule has 12 unspecified atom stereocenters. The summed E-state index contributed by atoms with van der Waals surface area (Å²) in [6.45, 7) is -3.33. The first-order valence-corrected chi connectivity index (χ1v) is 21.6. The SMILES string of the molecule is CO[C@@H]1OC(CO)[C@@H](O[C@@H]2OC(CO)[C@H](O[C@@H]3OC(CO)[C@H](O)C(O[C@@H]4OC(CO)[C@H](O)C(O)C4O)C3NC(C)=O)C(O[C@]3(C(=O)O)C[C@@H](O)[C@@H](NC(C)=O)[C@H]([C@H](O)[C@H](O)CO)O3)C2O)C(O)C1O. The van der Waals surface area contributed by atoms with Gasteiger partial charge in [-0.15, -0.1) is 0 Å². The molecule has 400 valence electrons. The van der Waals surface area contributed by atoms with Gasteiger partial charge in [-0.3, -0.25) is 9.59 Å². The van der Waals surface area contributed by atoms with Crippen LogP contribution in [-0.4, -0.2) is 299 Å². The molecule has 18 N–H and O–H groups in total. The molecule has 0 aromatic rings. The number of amides is 2. The second kappa shape index (κ2) is 24.4. The number of hydrogen-bond acceptors (Lipinski definition) is 28. The molecular formula is C38H64N2O29. The fourth-order valence-electron chi connectivity index (χ4n) is 8.71. The number of carbonyl (C=O) groups excluding carboxylic acids is 2. The van der Waals surface area contributed by atoms with Gasteiger partial charge in [0, 0.05) is 27.4 Å². The number of rotatable bonds is 19. The van der Waals surface area contributed by atoms with Crippen molar-refractivity contribution in [2.75, 3.05) is 40.1 Å². The Labute approximate surface area is 391 Å². The van der Waals surface area contributed by atoms with E-state index in [1.54, 1.807) is 0 Å². The Bertz CT molecular complexity index is 1670. The maximum absolute atomic E-state index is 13.4. The Kier molecular flexibility index (Phi) is 20.3. The Hall–Kier alpha value is -2.59. The number of methoxy groups -OCH3 is 1. The molecule has 31 nitrogen and oxygen atoms in total. The van der Waals surface area contributed by atoms with Gasteiger partial charge in [-0.2, -0.15) is 0 Å². The van der Waals surface area contributed by atoms with Crippen LogP contribution in [0.5, 0.6) is 0 Å². The smallest absolute Gasteiger partial charge is 0.364 e. The van der Waals surface area contributed by atoms with Gasteiger partial charge in [-0.05, 0) is 0 Å². The van der Waals surface area contributed by atoms with Gasteiger partial charge in [0.15, 0.2) is 25.2 Å². The lowest BCUT2D eigenvalue weighted by Crippen LogP contribution is -2.72. The number of nitrogens with one attached hydrogen (secondary N) is 2. The van der Waals surface area contributed by atoms with Crippen LogP contribution < -0.4 is 10.6 Å². The number of aliphatic carboxylic acids is 1. The average molecular weight is 1010 g/mol. The maximum Gasteiger partial charge on any atom is 0.364 e. The molecular weight excluding hydrogens is 948 g/mol.